The van der Waals surface area contributed by atoms with E-state index in [0.717, 1.165) is 31.1 Å². The second-order valence-electron chi connectivity index (χ2n) is 4.75. The summed E-state index contributed by atoms with van der Waals surface area (Å²) in [7, 11) is 2.09. The summed E-state index contributed by atoms with van der Waals surface area (Å²) in [4.78, 5) is 6.67. The van der Waals surface area contributed by atoms with Gasteiger partial charge in [0.2, 0.25) is 0 Å². The zero-order chi connectivity index (χ0) is 12.3. The van der Waals surface area contributed by atoms with Crippen molar-refractivity contribution in [1.29, 1.82) is 0 Å². The van der Waals surface area contributed by atoms with E-state index >= 15 is 0 Å². The maximum Gasteiger partial charge on any atom is 0.171 e. The number of hydrogen-bond donors (Lipinski definition) is 1. The van der Waals surface area contributed by atoms with Crippen LogP contribution in [0.3, 0.4) is 0 Å². The van der Waals surface area contributed by atoms with Crippen molar-refractivity contribution < 1.29 is 4.74 Å². The molecule has 1 aliphatic rings. The van der Waals surface area contributed by atoms with Crippen LogP contribution in [0.5, 0.6) is 5.75 Å². The Bertz CT molecular complexity index is 361. The molecule has 1 aromatic rings. The molecular formula is C13H21N3O. The fraction of sp³-hybridized carbons (Fsp3) is 0.615. The normalized spacial score (nSPS) is 19.6. The molecule has 0 spiro atoms. The number of ether oxygens (including phenoxy) is 1. The summed E-state index contributed by atoms with van der Waals surface area (Å²) >= 11 is 0. The van der Waals surface area contributed by atoms with E-state index in [0.29, 0.717) is 6.04 Å². The Morgan fingerprint density at radius 3 is 3.00 bits per heavy atom. The Morgan fingerprint density at radius 2 is 2.35 bits per heavy atom. The van der Waals surface area contributed by atoms with Crippen molar-refractivity contribution in [2.45, 2.75) is 32.4 Å². The molecule has 2 heterocycles. The van der Waals surface area contributed by atoms with Gasteiger partial charge in [0.25, 0.3) is 0 Å². The van der Waals surface area contributed by atoms with Gasteiger partial charge in [-0.15, -0.1) is 0 Å². The molecule has 94 valence electrons. The van der Waals surface area contributed by atoms with Crippen LogP contribution < -0.4 is 15.0 Å². The van der Waals surface area contributed by atoms with Crippen LogP contribution in [0, 0.1) is 0 Å². The Morgan fingerprint density at radius 1 is 1.53 bits per heavy atom. The molecule has 0 amide bonds. The van der Waals surface area contributed by atoms with Crippen molar-refractivity contribution in [2.75, 3.05) is 25.0 Å². The molecular weight excluding hydrogens is 214 g/mol. The topological polar surface area (TPSA) is 37.4 Å². The van der Waals surface area contributed by atoms with Gasteiger partial charge in [0.1, 0.15) is 0 Å². The predicted molar refractivity (Wildman–Crippen MR) is 69.7 cm³/mol. The Balaban J connectivity index is 2.18. The zero-order valence-corrected chi connectivity index (χ0v) is 10.8. The van der Waals surface area contributed by atoms with Crippen molar-refractivity contribution in [1.82, 2.24) is 10.3 Å². The van der Waals surface area contributed by atoms with Crippen LogP contribution in [0.25, 0.3) is 0 Å². The SMILES string of the molecule is CC(C)Oc1cccnc1N(C)C1CCNC1. The highest BCUT2D eigenvalue weighted by atomic mass is 16.5. The van der Waals surface area contributed by atoms with Crippen LogP contribution in [0.15, 0.2) is 18.3 Å². The third kappa shape index (κ3) is 2.88. The molecule has 1 atom stereocenters. The van der Waals surface area contributed by atoms with Gasteiger partial charge in [-0.1, -0.05) is 0 Å². The van der Waals surface area contributed by atoms with E-state index in [9.17, 15) is 0 Å². The van der Waals surface area contributed by atoms with Crippen LogP contribution in [0.1, 0.15) is 20.3 Å². The molecule has 4 heteroatoms. The van der Waals surface area contributed by atoms with Gasteiger partial charge in [0, 0.05) is 25.8 Å². The van der Waals surface area contributed by atoms with E-state index in [-0.39, 0.29) is 6.10 Å². The van der Waals surface area contributed by atoms with Crippen LogP contribution in [-0.2, 0) is 0 Å². The van der Waals surface area contributed by atoms with Crippen LogP contribution in [-0.4, -0.2) is 37.3 Å². The zero-order valence-electron chi connectivity index (χ0n) is 10.8. The molecule has 0 aromatic carbocycles. The van der Waals surface area contributed by atoms with Crippen molar-refractivity contribution in [3.05, 3.63) is 18.3 Å². The Labute approximate surface area is 103 Å². The lowest BCUT2D eigenvalue weighted by Gasteiger charge is -2.27. The van der Waals surface area contributed by atoms with Gasteiger partial charge in [-0.3, -0.25) is 0 Å². The van der Waals surface area contributed by atoms with Gasteiger partial charge in [-0.05, 0) is 38.9 Å². The summed E-state index contributed by atoms with van der Waals surface area (Å²) in [5.41, 5.74) is 0. The molecule has 1 fully saturated rings. The van der Waals surface area contributed by atoms with E-state index in [1.807, 2.05) is 32.2 Å². The van der Waals surface area contributed by atoms with E-state index in [2.05, 4.69) is 22.2 Å². The first-order valence-electron chi connectivity index (χ1n) is 6.23. The first kappa shape index (κ1) is 12.2. The van der Waals surface area contributed by atoms with E-state index in [1.165, 1.54) is 0 Å². The lowest BCUT2D eigenvalue weighted by molar-refractivity contribution is 0.242. The molecule has 1 unspecified atom stereocenters. The maximum atomic E-state index is 5.80. The van der Waals surface area contributed by atoms with Gasteiger partial charge in [-0.2, -0.15) is 0 Å². The molecule has 1 saturated heterocycles. The Kier molecular flexibility index (Phi) is 3.84. The fourth-order valence-corrected chi connectivity index (χ4v) is 2.14. The highest BCUT2D eigenvalue weighted by Gasteiger charge is 2.22. The number of hydrogen-bond acceptors (Lipinski definition) is 4. The third-order valence-electron chi connectivity index (χ3n) is 3.03. The van der Waals surface area contributed by atoms with Gasteiger partial charge < -0.3 is 15.0 Å². The molecule has 1 aromatic heterocycles. The molecule has 1 aliphatic heterocycles. The molecule has 0 saturated carbocycles. The lowest BCUT2D eigenvalue weighted by atomic mass is 10.2. The summed E-state index contributed by atoms with van der Waals surface area (Å²) < 4.78 is 5.80. The molecule has 0 radical (unpaired) electrons. The second-order valence-corrected chi connectivity index (χ2v) is 4.75. The minimum absolute atomic E-state index is 0.174. The molecule has 0 bridgehead atoms. The fourth-order valence-electron chi connectivity index (χ4n) is 2.14. The number of pyridine rings is 1. The predicted octanol–water partition coefficient (Wildman–Crippen LogP) is 1.67. The van der Waals surface area contributed by atoms with Crippen LogP contribution in [0.4, 0.5) is 5.82 Å². The average molecular weight is 235 g/mol. The summed E-state index contributed by atoms with van der Waals surface area (Å²) in [5, 5.41) is 3.37. The third-order valence-corrected chi connectivity index (χ3v) is 3.03. The summed E-state index contributed by atoms with van der Waals surface area (Å²) in [6.45, 7) is 6.18. The van der Waals surface area contributed by atoms with Crippen molar-refractivity contribution in [2.24, 2.45) is 0 Å². The van der Waals surface area contributed by atoms with Crippen molar-refractivity contribution in [3.63, 3.8) is 0 Å². The number of likely N-dealkylation sites (N-methyl/N-ethyl adjacent to an activating group) is 1. The molecule has 0 aliphatic carbocycles. The quantitative estimate of drug-likeness (QED) is 0.861. The first-order chi connectivity index (χ1) is 8.18. The highest BCUT2D eigenvalue weighted by molar-refractivity contribution is 5.52. The van der Waals surface area contributed by atoms with Crippen molar-refractivity contribution >= 4 is 5.82 Å². The average Bonchev–Trinajstić information content (AvgIpc) is 2.81. The number of anilines is 1. The second kappa shape index (κ2) is 5.36. The van der Waals surface area contributed by atoms with Gasteiger partial charge in [0.05, 0.1) is 6.10 Å². The highest BCUT2D eigenvalue weighted by Crippen LogP contribution is 2.27. The van der Waals surface area contributed by atoms with E-state index < -0.39 is 0 Å². The van der Waals surface area contributed by atoms with Crippen LogP contribution >= 0.6 is 0 Å². The smallest absolute Gasteiger partial charge is 0.171 e. The summed E-state index contributed by atoms with van der Waals surface area (Å²) in [6.07, 6.45) is 3.16. The van der Waals surface area contributed by atoms with Crippen molar-refractivity contribution in [3.8, 4) is 5.75 Å². The van der Waals surface area contributed by atoms with E-state index in [4.69, 9.17) is 4.74 Å². The van der Waals surface area contributed by atoms with Gasteiger partial charge in [0.15, 0.2) is 11.6 Å². The molecule has 17 heavy (non-hydrogen) atoms. The minimum Gasteiger partial charge on any atom is -0.487 e. The number of nitrogens with zero attached hydrogens (tertiary/aromatic N) is 2. The summed E-state index contributed by atoms with van der Waals surface area (Å²) in [6, 6.07) is 4.42. The monoisotopic (exact) mass is 235 g/mol. The number of rotatable bonds is 4. The lowest BCUT2D eigenvalue weighted by Crippen LogP contribution is -2.34. The molecule has 2 rings (SSSR count). The standard InChI is InChI=1S/C13H21N3O/c1-10(2)17-12-5-4-7-15-13(12)16(3)11-6-8-14-9-11/h4-5,7,10-11,14H,6,8-9H2,1-3H3. The van der Waals surface area contributed by atoms with Gasteiger partial charge in [-0.25, -0.2) is 4.98 Å². The summed E-state index contributed by atoms with van der Waals surface area (Å²) in [5.74, 6) is 1.81. The number of nitrogens with one attached hydrogen (secondary N) is 1. The molecule has 4 nitrogen and oxygen atoms in total. The molecule has 1 N–H and O–H groups in total. The maximum absolute atomic E-state index is 5.80. The number of aromatic nitrogens is 1. The largest absolute Gasteiger partial charge is 0.487 e. The first-order valence-corrected chi connectivity index (χ1v) is 6.23. The van der Waals surface area contributed by atoms with Gasteiger partial charge >= 0.3 is 0 Å². The van der Waals surface area contributed by atoms with Crippen LogP contribution in [0.2, 0.25) is 0 Å². The minimum atomic E-state index is 0.174. The Hall–Kier alpha value is -1.29. The van der Waals surface area contributed by atoms with E-state index in [1.54, 1.807) is 0 Å².